The zero-order valence-corrected chi connectivity index (χ0v) is 16.5. The highest BCUT2D eigenvalue weighted by molar-refractivity contribution is 6.30. The van der Waals surface area contributed by atoms with Crippen LogP contribution < -0.4 is 5.32 Å². The fourth-order valence-electron chi connectivity index (χ4n) is 4.81. The van der Waals surface area contributed by atoms with Gasteiger partial charge >= 0.3 is 0 Å². The van der Waals surface area contributed by atoms with E-state index in [1.165, 1.54) is 11.1 Å². The van der Waals surface area contributed by atoms with Gasteiger partial charge in [-0.15, -0.1) is 0 Å². The number of benzene rings is 2. The average molecular weight is 384 g/mol. The highest BCUT2D eigenvalue weighted by atomic mass is 35.5. The van der Waals surface area contributed by atoms with Crippen LogP contribution in [-0.4, -0.2) is 25.2 Å². The molecular weight excluding hydrogens is 358 g/mol. The Balaban J connectivity index is 1.51. The lowest BCUT2D eigenvalue weighted by Gasteiger charge is -2.32. The van der Waals surface area contributed by atoms with Crippen molar-refractivity contribution in [1.82, 2.24) is 5.32 Å². The molecule has 0 aromatic heterocycles. The van der Waals surface area contributed by atoms with Crippen LogP contribution in [-0.2, 0) is 27.8 Å². The number of halogens is 1. The maximum atomic E-state index is 13.3. The topological polar surface area (TPSA) is 38.3 Å². The van der Waals surface area contributed by atoms with Gasteiger partial charge in [-0.3, -0.25) is 4.79 Å². The van der Waals surface area contributed by atoms with Crippen molar-refractivity contribution in [3.8, 4) is 0 Å². The van der Waals surface area contributed by atoms with Crippen molar-refractivity contribution in [2.45, 2.75) is 49.5 Å². The molecule has 4 heteroatoms. The third kappa shape index (κ3) is 3.39. The van der Waals surface area contributed by atoms with Crippen LogP contribution in [0, 0.1) is 0 Å². The van der Waals surface area contributed by atoms with E-state index < -0.39 is 5.41 Å². The lowest BCUT2D eigenvalue weighted by atomic mass is 9.78. The molecule has 0 aliphatic heterocycles. The van der Waals surface area contributed by atoms with Crippen LogP contribution >= 0.6 is 11.6 Å². The first kappa shape index (κ1) is 18.5. The quantitative estimate of drug-likeness (QED) is 0.828. The molecule has 0 heterocycles. The Labute approximate surface area is 166 Å². The molecule has 27 heavy (non-hydrogen) atoms. The van der Waals surface area contributed by atoms with Gasteiger partial charge in [0.25, 0.3) is 0 Å². The SMILES string of the molecule is COC1(CNC(=O)C2(c3ccc(Cl)cc3)CCCC2)Cc2ccccc2C1. The monoisotopic (exact) mass is 383 g/mol. The molecule has 1 N–H and O–H groups in total. The van der Waals surface area contributed by atoms with Crippen LogP contribution in [0.15, 0.2) is 48.5 Å². The number of carbonyl (C=O) groups excluding carboxylic acids is 1. The molecule has 142 valence electrons. The van der Waals surface area contributed by atoms with Crippen LogP contribution in [0.2, 0.25) is 5.02 Å². The zero-order chi connectivity index (χ0) is 18.9. The Morgan fingerprint density at radius 2 is 1.63 bits per heavy atom. The first-order valence-electron chi connectivity index (χ1n) is 9.73. The van der Waals surface area contributed by atoms with Gasteiger partial charge in [-0.25, -0.2) is 0 Å². The molecule has 0 bridgehead atoms. The minimum absolute atomic E-state index is 0.120. The minimum Gasteiger partial charge on any atom is -0.376 e. The van der Waals surface area contributed by atoms with Crippen molar-refractivity contribution in [3.63, 3.8) is 0 Å². The summed E-state index contributed by atoms with van der Waals surface area (Å²) in [6.07, 6.45) is 5.62. The third-order valence-electron chi connectivity index (χ3n) is 6.44. The van der Waals surface area contributed by atoms with Crippen molar-refractivity contribution in [1.29, 1.82) is 0 Å². The maximum absolute atomic E-state index is 13.3. The molecule has 1 saturated carbocycles. The molecule has 2 aliphatic rings. The van der Waals surface area contributed by atoms with Crippen molar-refractivity contribution < 1.29 is 9.53 Å². The number of carbonyl (C=O) groups is 1. The summed E-state index contributed by atoms with van der Waals surface area (Å²) in [5.74, 6) is 0.120. The van der Waals surface area contributed by atoms with Crippen LogP contribution in [0.3, 0.4) is 0 Å². The summed E-state index contributed by atoms with van der Waals surface area (Å²) in [7, 11) is 1.75. The van der Waals surface area contributed by atoms with Gasteiger partial charge in [0.2, 0.25) is 5.91 Å². The molecule has 0 unspecified atom stereocenters. The Bertz CT molecular complexity index is 800. The number of amides is 1. The second kappa shape index (κ2) is 7.29. The number of hydrogen-bond donors (Lipinski definition) is 1. The summed E-state index contributed by atoms with van der Waals surface area (Å²) in [6.45, 7) is 0.534. The number of fused-ring (bicyclic) bond motifs is 1. The Morgan fingerprint density at radius 1 is 1.04 bits per heavy atom. The molecule has 2 aromatic rings. The zero-order valence-electron chi connectivity index (χ0n) is 15.8. The van der Waals surface area contributed by atoms with E-state index in [1.807, 2.05) is 24.3 Å². The number of hydrogen-bond acceptors (Lipinski definition) is 2. The highest BCUT2D eigenvalue weighted by Gasteiger charge is 2.44. The highest BCUT2D eigenvalue weighted by Crippen LogP contribution is 2.42. The predicted octanol–water partition coefficient (Wildman–Crippen LogP) is 4.45. The van der Waals surface area contributed by atoms with Crippen molar-refractivity contribution >= 4 is 17.5 Å². The van der Waals surface area contributed by atoms with Gasteiger partial charge in [0.1, 0.15) is 0 Å². The summed E-state index contributed by atoms with van der Waals surface area (Å²) in [5, 5.41) is 3.95. The smallest absolute Gasteiger partial charge is 0.230 e. The predicted molar refractivity (Wildman–Crippen MR) is 108 cm³/mol. The second-order valence-corrected chi connectivity index (χ2v) is 8.42. The van der Waals surface area contributed by atoms with Crippen LogP contribution in [0.1, 0.15) is 42.4 Å². The van der Waals surface area contributed by atoms with E-state index in [9.17, 15) is 4.79 Å². The molecule has 0 radical (unpaired) electrons. The molecule has 0 spiro atoms. The number of ether oxygens (including phenoxy) is 1. The van der Waals surface area contributed by atoms with Crippen molar-refractivity contribution in [3.05, 3.63) is 70.2 Å². The number of methoxy groups -OCH3 is 1. The van der Waals surface area contributed by atoms with Crippen molar-refractivity contribution in [2.75, 3.05) is 13.7 Å². The lowest BCUT2D eigenvalue weighted by molar-refractivity contribution is -0.128. The van der Waals surface area contributed by atoms with Crippen LogP contribution in [0.4, 0.5) is 0 Å². The molecule has 0 atom stereocenters. The first-order valence-corrected chi connectivity index (χ1v) is 10.1. The largest absolute Gasteiger partial charge is 0.376 e. The summed E-state index contributed by atoms with van der Waals surface area (Å²) in [6, 6.07) is 16.2. The Morgan fingerprint density at radius 3 is 2.19 bits per heavy atom. The standard InChI is InChI=1S/C23H26ClNO2/c1-27-22(14-17-6-2-3-7-18(17)15-22)16-25-21(26)23(12-4-5-13-23)19-8-10-20(24)11-9-19/h2-3,6-11H,4-5,12-16H2,1H3,(H,25,26). The number of rotatable bonds is 5. The van der Waals surface area contributed by atoms with E-state index in [1.54, 1.807) is 7.11 Å². The molecular formula is C23H26ClNO2. The van der Waals surface area contributed by atoms with E-state index in [4.69, 9.17) is 16.3 Å². The van der Waals surface area contributed by atoms with Gasteiger partial charge in [-0.1, -0.05) is 60.8 Å². The maximum Gasteiger partial charge on any atom is 0.230 e. The fourth-order valence-corrected chi connectivity index (χ4v) is 4.93. The fraction of sp³-hybridized carbons (Fsp3) is 0.435. The normalized spacial score (nSPS) is 19.6. The van der Waals surface area contributed by atoms with E-state index in [0.29, 0.717) is 11.6 Å². The number of nitrogens with one attached hydrogen (secondary N) is 1. The molecule has 1 fully saturated rings. The van der Waals surface area contributed by atoms with Crippen LogP contribution in [0.25, 0.3) is 0 Å². The Kier molecular flexibility index (Phi) is 5.00. The van der Waals surface area contributed by atoms with E-state index in [0.717, 1.165) is 44.1 Å². The molecule has 2 aliphatic carbocycles. The molecule has 4 rings (SSSR count). The second-order valence-electron chi connectivity index (χ2n) is 7.99. The van der Waals surface area contributed by atoms with Gasteiger partial charge in [0.05, 0.1) is 11.0 Å². The average Bonchev–Trinajstić information content (AvgIpc) is 3.32. The first-order chi connectivity index (χ1) is 13.1. The molecule has 0 saturated heterocycles. The summed E-state index contributed by atoms with van der Waals surface area (Å²) >= 11 is 6.05. The molecule has 3 nitrogen and oxygen atoms in total. The van der Waals surface area contributed by atoms with E-state index in [2.05, 4.69) is 29.6 Å². The van der Waals surface area contributed by atoms with Crippen LogP contribution in [0.5, 0.6) is 0 Å². The van der Waals surface area contributed by atoms with E-state index in [-0.39, 0.29) is 11.5 Å². The summed E-state index contributed by atoms with van der Waals surface area (Å²) in [5.41, 5.74) is 2.93. The van der Waals surface area contributed by atoms with Crippen molar-refractivity contribution in [2.24, 2.45) is 0 Å². The van der Waals surface area contributed by atoms with E-state index >= 15 is 0 Å². The molecule has 2 aromatic carbocycles. The van der Waals surface area contributed by atoms with Gasteiger partial charge in [-0.05, 0) is 41.7 Å². The van der Waals surface area contributed by atoms with Gasteiger partial charge in [0, 0.05) is 31.5 Å². The molecule has 1 amide bonds. The minimum atomic E-state index is -0.440. The van der Waals surface area contributed by atoms with Gasteiger partial charge in [-0.2, -0.15) is 0 Å². The van der Waals surface area contributed by atoms with Gasteiger partial charge < -0.3 is 10.1 Å². The summed E-state index contributed by atoms with van der Waals surface area (Å²) in [4.78, 5) is 13.3. The lowest BCUT2D eigenvalue weighted by Crippen LogP contribution is -2.50. The van der Waals surface area contributed by atoms with Gasteiger partial charge in [0.15, 0.2) is 0 Å². The summed E-state index contributed by atoms with van der Waals surface area (Å²) < 4.78 is 5.92. The Hall–Kier alpha value is -1.84. The third-order valence-corrected chi connectivity index (χ3v) is 6.69.